The van der Waals surface area contributed by atoms with Crippen LogP contribution in [0.1, 0.15) is 36.7 Å². The largest absolute Gasteiger partial charge is 0.289 e. The van der Waals surface area contributed by atoms with Gasteiger partial charge >= 0.3 is 0 Å². The average molecular weight is 370 g/mol. The van der Waals surface area contributed by atoms with E-state index in [-0.39, 0.29) is 5.56 Å². The highest BCUT2D eigenvalue weighted by atomic mass is 35.5. The van der Waals surface area contributed by atoms with Gasteiger partial charge in [-0.2, -0.15) is 0 Å². The van der Waals surface area contributed by atoms with Crippen molar-refractivity contribution in [1.29, 1.82) is 0 Å². The molecule has 0 spiro atoms. The third kappa shape index (κ3) is 4.41. The normalized spacial score (nSPS) is 12.2. The molecule has 7 heteroatoms. The Bertz CT molecular complexity index is 872. The van der Waals surface area contributed by atoms with Crippen molar-refractivity contribution in [1.82, 2.24) is 4.72 Å². The molecular weight excluding hydrogens is 353 g/mol. The number of nitrogens with one attached hydrogen (secondary N) is 1. The number of hydrogen-bond acceptors (Lipinski definition) is 3. The number of benzene rings is 2. The highest BCUT2D eigenvalue weighted by Crippen LogP contribution is 2.20. The van der Waals surface area contributed by atoms with E-state index in [0.29, 0.717) is 10.6 Å². The first-order chi connectivity index (χ1) is 11.0. The van der Waals surface area contributed by atoms with Crippen molar-refractivity contribution in [2.24, 2.45) is 0 Å². The highest BCUT2D eigenvalue weighted by Gasteiger charge is 2.25. The first-order valence-electron chi connectivity index (χ1n) is 7.13. The molecule has 0 fully saturated rings. The van der Waals surface area contributed by atoms with Crippen LogP contribution in [0.3, 0.4) is 0 Å². The van der Waals surface area contributed by atoms with Crippen LogP contribution in [0.25, 0.3) is 0 Å². The summed E-state index contributed by atoms with van der Waals surface area (Å²) in [7, 11) is -4.02. The lowest BCUT2D eigenvalue weighted by atomic mass is 10.0. The van der Waals surface area contributed by atoms with Gasteiger partial charge in [0.15, 0.2) is 5.78 Å². The molecule has 1 N–H and O–H groups in total. The molecule has 0 heterocycles. The molecule has 2 rings (SSSR count). The molecule has 0 bridgehead atoms. The third-order valence-electron chi connectivity index (χ3n) is 3.03. The first kappa shape index (κ1) is 18.6. The predicted octanol–water partition coefficient (Wildman–Crippen LogP) is 3.79. The molecule has 0 aliphatic heterocycles. The summed E-state index contributed by atoms with van der Waals surface area (Å²) >= 11 is 5.77. The maximum absolute atomic E-state index is 14.3. The number of carbonyl (C=O) groups is 1. The van der Waals surface area contributed by atoms with Crippen LogP contribution >= 0.6 is 11.6 Å². The minimum Gasteiger partial charge on any atom is -0.289 e. The van der Waals surface area contributed by atoms with Crippen LogP contribution < -0.4 is 4.72 Å². The molecule has 0 unspecified atom stereocenters. The summed E-state index contributed by atoms with van der Waals surface area (Å²) in [6.07, 6.45) is 0. The quantitative estimate of drug-likeness (QED) is 0.834. The van der Waals surface area contributed by atoms with Crippen molar-refractivity contribution in [2.75, 3.05) is 0 Å². The summed E-state index contributed by atoms with van der Waals surface area (Å²) in [6, 6.07) is 9.45. The smallest absolute Gasteiger partial charge is 0.243 e. The molecule has 0 aromatic heterocycles. The van der Waals surface area contributed by atoms with E-state index in [1.807, 2.05) is 0 Å². The second kappa shape index (κ2) is 6.63. The third-order valence-corrected chi connectivity index (χ3v) is 5.07. The molecule has 0 saturated carbocycles. The minimum atomic E-state index is -4.02. The topological polar surface area (TPSA) is 63.2 Å². The molecule has 24 heavy (non-hydrogen) atoms. The number of rotatable bonds is 4. The fourth-order valence-electron chi connectivity index (χ4n) is 2.09. The van der Waals surface area contributed by atoms with E-state index in [1.54, 1.807) is 32.9 Å². The fourth-order valence-corrected chi connectivity index (χ4v) is 3.69. The molecule has 0 saturated heterocycles. The lowest BCUT2D eigenvalue weighted by Crippen LogP contribution is -2.40. The Morgan fingerprint density at radius 3 is 2.08 bits per heavy atom. The summed E-state index contributed by atoms with van der Waals surface area (Å²) in [5.74, 6) is -1.40. The van der Waals surface area contributed by atoms with Crippen LogP contribution in [0.5, 0.6) is 0 Å². The molecule has 4 nitrogen and oxygen atoms in total. The van der Waals surface area contributed by atoms with Gasteiger partial charge in [-0.05, 0) is 63.2 Å². The highest BCUT2D eigenvalue weighted by molar-refractivity contribution is 7.89. The van der Waals surface area contributed by atoms with Crippen LogP contribution in [0.4, 0.5) is 4.39 Å². The monoisotopic (exact) mass is 369 g/mol. The van der Waals surface area contributed by atoms with E-state index >= 15 is 0 Å². The number of hydrogen-bond donors (Lipinski definition) is 1. The molecule has 0 aliphatic rings. The molecule has 128 valence electrons. The predicted molar refractivity (Wildman–Crippen MR) is 91.4 cm³/mol. The minimum absolute atomic E-state index is 0.0598. The standard InChI is InChI=1S/C17H17ClFNO3S/c1-17(2,3)20-24(22,23)15-9-6-12(10-14(15)19)16(21)11-4-7-13(18)8-5-11/h4-10,20H,1-3H3. The van der Waals surface area contributed by atoms with Gasteiger partial charge in [-0.25, -0.2) is 17.5 Å². The van der Waals surface area contributed by atoms with Crippen molar-refractivity contribution in [3.8, 4) is 0 Å². The Morgan fingerprint density at radius 1 is 1.04 bits per heavy atom. The van der Waals surface area contributed by atoms with Gasteiger partial charge in [-0.1, -0.05) is 11.6 Å². The van der Waals surface area contributed by atoms with Crippen LogP contribution in [-0.4, -0.2) is 19.7 Å². The van der Waals surface area contributed by atoms with E-state index in [1.165, 1.54) is 18.2 Å². The van der Waals surface area contributed by atoms with Crippen molar-refractivity contribution in [2.45, 2.75) is 31.2 Å². The van der Waals surface area contributed by atoms with Gasteiger partial charge in [0.05, 0.1) is 0 Å². The maximum Gasteiger partial charge on any atom is 0.243 e. The van der Waals surface area contributed by atoms with Gasteiger partial charge in [0.25, 0.3) is 0 Å². The molecule has 2 aromatic carbocycles. The SMILES string of the molecule is CC(C)(C)NS(=O)(=O)c1ccc(C(=O)c2ccc(Cl)cc2)cc1F. The summed E-state index contributed by atoms with van der Waals surface area (Å²) in [5, 5.41) is 0.479. The molecule has 2 aromatic rings. The molecule has 0 aliphatic carbocycles. The first-order valence-corrected chi connectivity index (χ1v) is 8.99. The van der Waals surface area contributed by atoms with E-state index < -0.39 is 32.1 Å². The van der Waals surface area contributed by atoms with Crippen molar-refractivity contribution in [3.05, 3.63) is 64.4 Å². The summed E-state index contributed by atoms with van der Waals surface area (Å²) in [5.41, 5.74) is -0.352. The Balaban J connectivity index is 2.36. The van der Waals surface area contributed by atoms with Crippen LogP contribution in [-0.2, 0) is 10.0 Å². The van der Waals surface area contributed by atoms with E-state index in [2.05, 4.69) is 4.72 Å². The number of ketones is 1. The second-order valence-corrected chi connectivity index (χ2v) is 8.42. The van der Waals surface area contributed by atoms with Gasteiger partial charge in [0.1, 0.15) is 10.7 Å². The summed E-state index contributed by atoms with van der Waals surface area (Å²) in [4.78, 5) is 11.8. The van der Waals surface area contributed by atoms with Crippen molar-refractivity contribution < 1.29 is 17.6 Å². The Labute approximate surface area is 145 Å². The molecule has 0 radical (unpaired) electrons. The summed E-state index contributed by atoms with van der Waals surface area (Å²) in [6.45, 7) is 4.96. The molecule has 0 amide bonds. The lowest BCUT2D eigenvalue weighted by Gasteiger charge is -2.20. The fraction of sp³-hybridized carbons (Fsp3) is 0.235. The average Bonchev–Trinajstić information content (AvgIpc) is 2.44. The van der Waals surface area contributed by atoms with Crippen LogP contribution in [0, 0.1) is 5.82 Å². The zero-order valence-corrected chi connectivity index (χ0v) is 15.0. The van der Waals surface area contributed by atoms with Gasteiger partial charge in [0.2, 0.25) is 10.0 Å². The zero-order valence-electron chi connectivity index (χ0n) is 13.4. The second-order valence-electron chi connectivity index (χ2n) is 6.34. The van der Waals surface area contributed by atoms with Gasteiger partial charge < -0.3 is 0 Å². The van der Waals surface area contributed by atoms with Gasteiger partial charge in [-0.3, -0.25) is 4.79 Å². The van der Waals surface area contributed by atoms with Gasteiger partial charge in [0, 0.05) is 21.7 Å². The van der Waals surface area contributed by atoms with E-state index in [0.717, 1.165) is 12.1 Å². The molecule has 0 atom stereocenters. The van der Waals surface area contributed by atoms with Crippen molar-refractivity contribution >= 4 is 27.4 Å². The lowest BCUT2D eigenvalue weighted by molar-refractivity contribution is 0.103. The number of sulfonamides is 1. The summed E-state index contributed by atoms with van der Waals surface area (Å²) < 4.78 is 41.1. The van der Waals surface area contributed by atoms with E-state index in [9.17, 15) is 17.6 Å². The Kier molecular flexibility index (Phi) is 5.13. The molecular formula is C17H17ClFNO3S. The van der Waals surface area contributed by atoms with E-state index in [4.69, 9.17) is 11.6 Å². The number of halogens is 2. The Hall–Kier alpha value is -1.76. The Morgan fingerprint density at radius 2 is 1.58 bits per heavy atom. The maximum atomic E-state index is 14.3. The number of carbonyl (C=O) groups excluding carboxylic acids is 1. The van der Waals surface area contributed by atoms with Crippen LogP contribution in [0.2, 0.25) is 5.02 Å². The van der Waals surface area contributed by atoms with Crippen LogP contribution in [0.15, 0.2) is 47.4 Å². The van der Waals surface area contributed by atoms with Gasteiger partial charge in [-0.15, -0.1) is 0 Å². The van der Waals surface area contributed by atoms with Crippen molar-refractivity contribution in [3.63, 3.8) is 0 Å². The zero-order chi connectivity index (χ0) is 18.1.